The molecule has 3 aromatic rings. The molecule has 5 rings (SSSR count). The number of nitrogens with zero attached hydrogens (tertiary/aromatic N) is 6. The first-order valence-electron chi connectivity index (χ1n) is 11.7. The predicted molar refractivity (Wildman–Crippen MR) is 136 cm³/mol. The number of imidazole rings is 1. The summed E-state index contributed by atoms with van der Waals surface area (Å²) in [6.45, 7) is -4.19. The van der Waals surface area contributed by atoms with Gasteiger partial charge in [-0.15, -0.1) is 0 Å². The number of aromatic nitrogens is 7. The summed E-state index contributed by atoms with van der Waals surface area (Å²) in [5, 5.41) is 20.2. The van der Waals surface area contributed by atoms with Crippen LogP contribution in [0.4, 0.5) is 11.9 Å². The zero-order chi connectivity index (χ0) is 27.9. The molecule has 212 valence electrons. The van der Waals surface area contributed by atoms with Crippen molar-refractivity contribution in [3.8, 4) is 0 Å². The van der Waals surface area contributed by atoms with E-state index in [4.69, 9.17) is 42.0 Å². The molecule has 0 bridgehead atoms. The molecular weight excluding hydrogens is 561 g/mol. The molecule has 2 aliphatic heterocycles. The fraction of sp³-hybridized carbons (Fsp3) is 0.579. The lowest BCUT2D eigenvalue weighted by Gasteiger charge is -2.23. The number of nitrogen functional groups attached to an aromatic ring is 2. The van der Waals surface area contributed by atoms with Gasteiger partial charge in [0.2, 0.25) is 18.4 Å². The molecule has 0 saturated carbocycles. The Morgan fingerprint density at radius 3 is 2.59 bits per heavy atom. The number of nitrogens with one attached hydrogen (secondary N) is 1. The van der Waals surface area contributed by atoms with Gasteiger partial charge in [-0.05, 0) is 11.8 Å². The molecule has 3 aromatic heterocycles. The number of aromatic amines is 1. The topological polar surface area (TPSA) is 261 Å². The van der Waals surface area contributed by atoms with Gasteiger partial charge in [-0.1, -0.05) is 0 Å². The summed E-state index contributed by atoms with van der Waals surface area (Å²) in [4.78, 5) is 52.6. The molecular formula is C19H26N9O9PS. The summed E-state index contributed by atoms with van der Waals surface area (Å²) in [7, 11) is 0. The van der Waals surface area contributed by atoms with E-state index in [9.17, 15) is 24.7 Å². The predicted octanol–water partition coefficient (Wildman–Crippen LogP) is -2.47. The van der Waals surface area contributed by atoms with E-state index in [-0.39, 0.29) is 42.5 Å². The van der Waals surface area contributed by atoms with Crippen molar-refractivity contribution in [2.75, 3.05) is 31.0 Å². The molecule has 2 saturated heterocycles. The highest BCUT2D eigenvalue weighted by Crippen LogP contribution is 2.45. The first kappa shape index (κ1) is 27.7. The number of nitrogens with two attached hydrogens (primary N) is 2. The van der Waals surface area contributed by atoms with E-state index in [0.29, 0.717) is 0 Å². The van der Waals surface area contributed by atoms with E-state index >= 15 is 0 Å². The minimum absolute atomic E-state index is 0.0677. The summed E-state index contributed by atoms with van der Waals surface area (Å²) in [6.07, 6.45) is -2.50. The van der Waals surface area contributed by atoms with Crippen molar-refractivity contribution in [1.29, 1.82) is 0 Å². The molecule has 0 aliphatic carbocycles. The number of aliphatic hydroxyl groups is 2. The van der Waals surface area contributed by atoms with Crippen LogP contribution in [-0.2, 0) is 30.5 Å². The van der Waals surface area contributed by atoms with Crippen molar-refractivity contribution in [1.82, 2.24) is 34.1 Å². The third-order valence-electron chi connectivity index (χ3n) is 6.27. The Balaban J connectivity index is 1.17. The van der Waals surface area contributed by atoms with E-state index in [0.717, 1.165) is 4.57 Å². The Morgan fingerprint density at radius 2 is 1.85 bits per heavy atom. The lowest BCUT2D eigenvalue weighted by molar-refractivity contribution is -0.0585. The number of hydrogen-bond acceptors (Lipinski definition) is 15. The molecule has 0 amide bonds. The molecule has 20 heteroatoms. The second-order valence-electron chi connectivity index (χ2n) is 8.93. The van der Waals surface area contributed by atoms with Crippen molar-refractivity contribution >= 4 is 41.4 Å². The van der Waals surface area contributed by atoms with Gasteiger partial charge < -0.3 is 45.3 Å². The maximum atomic E-state index is 12.1. The van der Waals surface area contributed by atoms with Gasteiger partial charge in [0, 0.05) is 12.8 Å². The van der Waals surface area contributed by atoms with Crippen LogP contribution in [0.25, 0.3) is 11.2 Å². The fourth-order valence-corrected chi connectivity index (χ4v) is 5.57. The summed E-state index contributed by atoms with van der Waals surface area (Å²) in [6, 6.07) is 0. The molecule has 7 unspecified atom stereocenters. The van der Waals surface area contributed by atoms with E-state index in [2.05, 4.69) is 24.9 Å². The summed E-state index contributed by atoms with van der Waals surface area (Å²) >= 11 is 5.20. The van der Waals surface area contributed by atoms with Crippen LogP contribution in [0.2, 0.25) is 0 Å². The number of aliphatic hydroxyl groups excluding tert-OH is 2. The molecule has 0 spiro atoms. The summed E-state index contributed by atoms with van der Waals surface area (Å²) in [5.41, 5.74) is 10.1. The second kappa shape index (κ2) is 11.0. The number of ether oxygens (including phenoxy) is 3. The van der Waals surface area contributed by atoms with Crippen molar-refractivity contribution < 1.29 is 33.8 Å². The molecule has 0 radical (unpaired) electrons. The zero-order valence-corrected chi connectivity index (χ0v) is 21.8. The van der Waals surface area contributed by atoms with E-state index in [1.54, 1.807) is 0 Å². The first-order chi connectivity index (χ1) is 18.5. The van der Waals surface area contributed by atoms with Crippen LogP contribution in [0.15, 0.2) is 22.2 Å². The third kappa shape index (κ3) is 5.86. The second-order valence-corrected chi connectivity index (χ2v) is 12.4. The van der Waals surface area contributed by atoms with Gasteiger partial charge in [0.25, 0.3) is 5.56 Å². The Labute approximate surface area is 223 Å². The standard InChI is InChI=1S/C19H26N9O9PS/c20-17-23-6-28(19(32)26-17)13-2-9(10(3-29)36-13)34-7-38(33,39)35-4-11-8(30)1-12(37-11)27-5-22-14-15(27)24-18(21)25-16(14)31/h5-6,8-13,29-30H,1-4,7H2,(H,33,39)(H2,20,26,32)(H3,21,24,25,31). The van der Waals surface area contributed by atoms with Crippen LogP contribution in [0.1, 0.15) is 25.3 Å². The number of H-pyrrole nitrogens is 1. The van der Waals surface area contributed by atoms with Gasteiger partial charge >= 0.3 is 5.69 Å². The molecule has 0 aromatic carbocycles. The summed E-state index contributed by atoms with van der Waals surface area (Å²) in [5.74, 6) is -0.276. The monoisotopic (exact) mass is 587 g/mol. The van der Waals surface area contributed by atoms with Crippen molar-refractivity contribution in [3.05, 3.63) is 33.5 Å². The smallest absolute Gasteiger partial charge is 0.354 e. The lowest BCUT2D eigenvalue weighted by Crippen LogP contribution is -2.29. The lowest BCUT2D eigenvalue weighted by atomic mass is 10.2. The molecule has 2 aliphatic rings. The highest BCUT2D eigenvalue weighted by Gasteiger charge is 2.40. The Hall–Kier alpha value is -2.87. The van der Waals surface area contributed by atoms with E-state index in [1.807, 2.05) is 0 Å². The van der Waals surface area contributed by atoms with Crippen LogP contribution >= 0.6 is 6.49 Å². The molecule has 18 nitrogen and oxygen atoms in total. The third-order valence-corrected chi connectivity index (χ3v) is 7.93. The quantitative estimate of drug-likeness (QED) is 0.142. The van der Waals surface area contributed by atoms with Gasteiger partial charge in [0.15, 0.2) is 11.2 Å². The molecule has 39 heavy (non-hydrogen) atoms. The van der Waals surface area contributed by atoms with Crippen LogP contribution in [0.5, 0.6) is 0 Å². The van der Waals surface area contributed by atoms with Gasteiger partial charge in [-0.2, -0.15) is 9.97 Å². The van der Waals surface area contributed by atoms with Gasteiger partial charge in [-0.25, -0.2) is 14.8 Å². The Kier molecular flexibility index (Phi) is 7.77. The highest BCUT2D eigenvalue weighted by molar-refractivity contribution is 8.09. The van der Waals surface area contributed by atoms with E-state index in [1.165, 1.54) is 17.2 Å². The van der Waals surface area contributed by atoms with Crippen LogP contribution in [-0.4, -0.2) is 93.1 Å². The van der Waals surface area contributed by atoms with Crippen molar-refractivity contribution in [2.24, 2.45) is 0 Å². The van der Waals surface area contributed by atoms with Gasteiger partial charge in [-0.3, -0.25) is 18.9 Å². The SMILES string of the molecule is Nc1ncn(C2CC(OCP(O)(=S)OCC3OC(n4cnc5c(=O)[nH]c(N)nc54)CC3O)C(CO)O2)c(=O)n1. The highest BCUT2D eigenvalue weighted by atomic mass is 32.5. The number of rotatable bonds is 9. The normalized spacial score (nSPS) is 28.7. The van der Waals surface area contributed by atoms with Crippen LogP contribution in [0, 0.1) is 0 Å². The molecule has 7 atom stereocenters. The average Bonchev–Trinajstić information content (AvgIpc) is 3.58. The maximum Gasteiger partial charge on any atom is 0.354 e. The maximum absolute atomic E-state index is 12.1. The van der Waals surface area contributed by atoms with Crippen molar-refractivity contribution in [3.63, 3.8) is 0 Å². The average molecular weight is 588 g/mol. The van der Waals surface area contributed by atoms with Gasteiger partial charge in [0.05, 0.1) is 31.7 Å². The van der Waals surface area contributed by atoms with E-state index < -0.39 is 67.6 Å². The largest absolute Gasteiger partial charge is 0.394 e. The Morgan fingerprint density at radius 1 is 1.13 bits per heavy atom. The van der Waals surface area contributed by atoms with Crippen LogP contribution in [0.3, 0.4) is 0 Å². The fourth-order valence-electron chi connectivity index (χ4n) is 4.37. The minimum Gasteiger partial charge on any atom is -0.394 e. The Bertz CT molecular complexity index is 1520. The summed E-state index contributed by atoms with van der Waals surface area (Å²) < 4.78 is 25.4. The molecule has 5 heterocycles. The van der Waals surface area contributed by atoms with Crippen molar-refractivity contribution in [2.45, 2.75) is 49.7 Å². The number of fused-ring (bicyclic) bond motifs is 1. The first-order valence-corrected chi connectivity index (χ1v) is 14.5. The zero-order valence-electron chi connectivity index (χ0n) is 20.1. The molecule has 2 fully saturated rings. The minimum atomic E-state index is -3.52. The number of hydrogen-bond donors (Lipinski definition) is 6. The van der Waals surface area contributed by atoms with Gasteiger partial charge in [0.1, 0.15) is 37.3 Å². The number of anilines is 2. The van der Waals surface area contributed by atoms with Crippen LogP contribution < -0.4 is 22.7 Å². The molecule has 8 N–H and O–H groups in total.